The molecule has 0 amide bonds. The van der Waals surface area contributed by atoms with Crippen LogP contribution in [-0.4, -0.2) is 23.1 Å². The third-order valence-electron chi connectivity index (χ3n) is 4.38. The lowest BCUT2D eigenvalue weighted by Gasteiger charge is -2.36. The summed E-state index contributed by atoms with van der Waals surface area (Å²) in [6.45, 7) is 6.50. The molecule has 140 valence electrons. The van der Waals surface area contributed by atoms with E-state index >= 15 is 0 Å². The van der Waals surface area contributed by atoms with Gasteiger partial charge in [-0.25, -0.2) is 0 Å². The van der Waals surface area contributed by atoms with Crippen molar-refractivity contribution >= 4 is 0 Å². The number of aliphatic hydroxyl groups is 1. The molecule has 2 aliphatic carbocycles. The first-order valence-electron chi connectivity index (χ1n) is 7.63. The Hall–Kier alpha value is -0.460. The average molecular weight is 350 g/mol. The number of fused-ring (bicyclic) bond motifs is 2. The van der Waals surface area contributed by atoms with Crippen LogP contribution < -0.4 is 0 Å². The van der Waals surface area contributed by atoms with Gasteiger partial charge in [-0.2, -0.15) is 26.3 Å². The van der Waals surface area contributed by atoms with Gasteiger partial charge in [0.1, 0.15) is 0 Å². The number of rotatable bonds is 2. The third kappa shape index (κ3) is 5.26. The topological polar surface area (TPSA) is 20.2 Å². The van der Waals surface area contributed by atoms with Gasteiger partial charge in [0.25, 0.3) is 5.60 Å². The van der Waals surface area contributed by atoms with Crippen molar-refractivity contribution in [2.75, 3.05) is 0 Å². The lowest BCUT2D eigenvalue weighted by atomic mass is 9.79. The molecule has 0 heterocycles. The highest BCUT2D eigenvalue weighted by atomic mass is 19.4. The first kappa shape index (κ1) is 22.5. The van der Waals surface area contributed by atoms with Gasteiger partial charge in [-0.05, 0) is 49.4 Å². The lowest BCUT2D eigenvalue weighted by Crippen LogP contribution is -2.58. The summed E-state index contributed by atoms with van der Waals surface area (Å²) >= 11 is 0. The van der Waals surface area contributed by atoms with Crippen molar-refractivity contribution in [3.05, 3.63) is 0 Å². The highest BCUT2D eigenvalue weighted by molar-refractivity contribution is 5.00. The minimum atomic E-state index is -5.67. The Kier molecular flexibility index (Phi) is 7.46. The Balaban J connectivity index is 0.000000871. The monoisotopic (exact) mass is 350 g/mol. The molecular weight excluding hydrogens is 322 g/mol. The van der Waals surface area contributed by atoms with Crippen molar-refractivity contribution in [3.8, 4) is 0 Å². The fourth-order valence-corrected chi connectivity index (χ4v) is 3.40. The van der Waals surface area contributed by atoms with Crippen molar-refractivity contribution in [1.82, 2.24) is 0 Å². The molecule has 0 radical (unpaired) electrons. The fraction of sp³-hybridized carbons (Fsp3) is 1.00. The van der Waals surface area contributed by atoms with E-state index < -0.39 is 30.3 Å². The van der Waals surface area contributed by atoms with E-state index in [1.165, 1.54) is 0 Å². The van der Waals surface area contributed by atoms with Crippen LogP contribution in [0.5, 0.6) is 0 Å². The number of hydrogen-bond donors (Lipinski definition) is 1. The van der Waals surface area contributed by atoms with Gasteiger partial charge in [-0.3, -0.25) is 0 Å². The summed E-state index contributed by atoms with van der Waals surface area (Å²) in [5.74, 6) is 0.314. The van der Waals surface area contributed by atoms with Crippen LogP contribution >= 0.6 is 0 Å². The van der Waals surface area contributed by atoms with Crippen LogP contribution in [0.1, 0.15) is 60.3 Å². The van der Waals surface area contributed by atoms with Crippen molar-refractivity contribution in [2.45, 2.75) is 78.3 Å². The maximum Gasteiger partial charge on any atom is 0.426 e. The summed E-state index contributed by atoms with van der Waals surface area (Å²) in [5.41, 5.74) is -4.56. The quantitative estimate of drug-likeness (QED) is 0.609. The number of halogens is 6. The van der Waals surface area contributed by atoms with Crippen LogP contribution in [0.3, 0.4) is 0 Å². The van der Waals surface area contributed by atoms with E-state index in [4.69, 9.17) is 5.11 Å². The van der Waals surface area contributed by atoms with E-state index in [0.717, 1.165) is 12.3 Å². The van der Waals surface area contributed by atoms with Gasteiger partial charge in [0, 0.05) is 0 Å². The summed E-state index contributed by atoms with van der Waals surface area (Å²) < 4.78 is 75.2. The molecular formula is C16H28F6O. The molecule has 2 aliphatic rings. The van der Waals surface area contributed by atoms with Crippen molar-refractivity contribution in [1.29, 1.82) is 0 Å². The van der Waals surface area contributed by atoms with E-state index in [2.05, 4.69) is 20.8 Å². The second-order valence-corrected chi connectivity index (χ2v) is 7.23. The van der Waals surface area contributed by atoms with Gasteiger partial charge in [0.2, 0.25) is 0 Å². The zero-order valence-corrected chi connectivity index (χ0v) is 13.1. The molecule has 0 aromatic carbocycles. The van der Waals surface area contributed by atoms with E-state index in [-0.39, 0.29) is 19.3 Å². The minimum absolute atomic E-state index is 0. The zero-order valence-electron chi connectivity index (χ0n) is 13.1. The highest BCUT2D eigenvalue weighted by Crippen LogP contribution is 2.55. The van der Waals surface area contributed by atoms with E-state index in [1.54, 1.807) is 0 Å². The minimum Gasteiger partial charge on any atom is -0.374 e. The number of alkyl halides is 6. The van der Waals surface area contributed by atoms with E-state index in [1.807, 2.05) is 0 Å². The van der Waals surface area contributed by atoms with Gasteiger partial charge in [0.15, 0.2) is 0 Å². The molecule has 0 aromatic rings. The molecule has 1 nitrogen and oxygen atoms in total. The first-order chi connectivity index (χ1) is 9.78. The van der Waals surface area contributed by atoms with Gasteiger partial charge in [0.05, 0.1) is 0 Å². The maximum absolute atomic E-state index is 12.5. The summed E-state index contributed by atoms with van der Waals surface area (Å²) in [6, 6.07) is 0. The molecule has 2 fully saturated rings. The van der Waals surface area contributed by atoms with Gasteiger partial charge >= 0.3 is 12.4 Å². The molecule has 2 rings (SSSR count). The molecule has 0 spiro atoms. The smallest absolute Gasteiger partial charge is 0.374 e. The van der Waals surface area contributed by atoms with Crippen molar-refractivity contribution in [2.24, 2.45) is 23.7 Å². The Morgan fingerprint density at radius 2 is 1.35 bits per heavy atom. The van der Waals surface area contributed by atoms with Gasteiger partial charge < -0.3 is 5.11 Å². The number of hydrogen-bond acceptors (Lipinski definition) is 1. The molecule has 2 bridgehead atoms. The Morgan fingerprint density at radius 3 is 1.61 bits per heavy atom. The zero-order chi connectivity index (χ0) is 17.3. The maximum atomic E-state index is 12.5. The van der Waals surface area contributed by atoms with E-state index in [0.29, 0.717) is 19.3 Å². The van der Waals surface area contributed by atoms with Crippen LogP contribution in [0.4, 0.5) is 26.3 Å². The fourth-order valence-electron chi connectivity index (χ4n) is 3.40. The van der Waals surface area contributed by atoms with Gasteiger partial charge in [-0.15, -0.1) is 0 Å². The molecule has 3 unspecified atom stereocenters. The van der Waals surface area contributed by atoms with Crippen LogP contribution in [0.25, 0.3) is 0 Å². The summed E-state index contributed by atoms with van der Waals surface area (Å²) in [5, 5.41) is 9.12. The molecule has 0 saturated heterocycles. The summed E-state index contributed by atoms with van der Waals surface area (Å²) in [6.07, 6.45) is -9.95. The Labute approximate surface area is 134 Å². The average Bonchev–Trinajstić information content (AvgIpc) is 2.86. The third-order valence-corrected chi connectivity index (χ3v) is 4.38. The Bertz CT molecular complexity index is 344. The molecule has 7 heteroatoms. The summed E-state index contributed by atoms with van der Waals surface area (Å²) in [7, 11) is 0. The van der Waals surface area contributed by atoms with E-state index in [9.17, 15) is 26.3 Å². The standard InChI is InChI=1S/C11H14F6O.C4H10.CH4/c12-10(13,14)9(18,11(15,16)17)5-8-4-6-1-2-7(8)3-6;1-4(2)3;/h6-8,18H,1-5H2;4H,1-3H3;1H4. The second kappa shape index (κ2) is 7.62. The van der Waals surface area contributed by atoms with Crippen LogP contribution in [0.15, 0.2) is 0 Å². The molecule has 0 aromatic heterocycles. The first-order valence-corrected chi connectivity index (χ1v) is 7.63. The highest BCUT2D eigenvalue weighted by Gasteiger charge is 2.71. The SMILES string of the molecule is C.CC(C)C.OC(CC1CC2CCC1C2)(C(F)(F)F)C(F)(F)F. The molecule has 23 heavy (non-hydrogen) atoms. The summed E-state index contributed by atoms with van der Waals surface area (Å²) in [4.78, 5) is 0. The second-order valence-electron chi connectivity index (χ2n) is 7.23. The van der Waals surface area contributed by atoms with Crippen LogP contribution in [-0.2, 0) is 0 Å². The molecule has 0 aliphatic heterocycles. The molecule has 1 N–H and O–H groups in total. The lowest BCUT2D eigenvalue weighted by molar-refractivity contribution is -0.373. The van der Waals surface area contributed by atoms with Crippen molar-refractivity contribution < 1.29 is 31.4 Å². The largest absolute Gasteiger partial charge is 0.426 e. The van der Waals surface area contributed by atoms with Crippen LogP contribution in [0, 0.1) is 23.7 Å². The van der Waals surface area contributed by atoms with Crippen molar-refractivity contribution in [3.63, 3.8) is 0 Å². The Morgan fingerprint density at radius 1 is 0.913 bits per heavy atom. The van der Waals surface area contributed by atoms with Crippen LogP contribution in [0.2, 0.25) is 0 Å². The van der Waals surface area contributed by atoms with Gasteiger partial charge in [-0.1, -0.05) is 34.6 Å². The molecule has 3 atom stereocenters. The molecule has 2 saturated carbocycles. The predicted octanol–water partition coefficient (Wildman–Crippen LogP) is 5.97. The normalized spacial score (nSPS) is 27.5. The predicted molar refractivity (Wildman–Crippen MR) is 77.9 cm³/mol.